The molecule has 0 bridgehead atoms. The van der Waals surface area contributed by atoms with Crippen molar-refractivity contribution in [1.82, 2.24) is 4.31 Å². The monoisotopic (exact) mass is 234 g/mol. The van der Waals surface area contributed by atoms with Gasteiger partial charge in [0.15, 0.2) is 0 Å². The molecule has 1 aliphatic rings. The lowest BCUT2D eigenvalue weighted by Crippen LogP contribution is -2.41. The van der Waals surface area contributed by atoms with E-state index in [2.05, 4.69) is 0 Å². The van der Waals surface area contributed by atoms with Gasteiger partial charge in [-0.05, 0) is 25.7 Å². The zero-order chi connectivity index (χ0) is 11.5. The van der Waals surface area contributed by atoms with Crippen LogP contribution >= 0.6 is 0 Å². The number of likely N-dealkylation sites (N-methyl/N-ethyl adjacent to an activating group) is 1. The smallest absolute Gasteiger partial charge is 0.214 e. The van der Waals surface area contributed by atoms with Crippen LogP contribution in [0.5, 0.6) is 0 Å². The minimum atomic E-state index is -3.10. The quantitative estimate of drug-likeness (QED) is 0.765. The van der Waals surface area contributed by atoms with Crippen molar-refractivity contribution in [3.8, 4) is 0 Å². The van der Waals surface area contributed by atoms with E-state index in [1.807, 2.05) is 6.92 Å². The Labute approximate surface area is 92.9 Å². The summed E-state index contributed by atoms with van der Waals surface area (Å²) < 4.78 is 25.3. The average molecular weight is 234 g/mol. The topological polar surface area (TPSA) is 63.4 Å². The summed E-state index contributed by atoms with van der Waals surface area (Å²) in [7, 11) is -1.47. The second-order valence-electron chi connectivity index (χ2n) is 4.53. The van der Waals surface area contributed by atoms with Gasteiger partial charge in [0, 0.05) is 19.6 Å². The number of sulfonamides is 1. The normalized spacial score (nSPS) is 21.1. The van der Waals surface area contributed by atoms with Crippen LogP contribution in [0.2, 0.25) is 0 Å². The highest BCUT2D eigenvalue weighted by Gasteiger charge is 2.27. The molecule has 2 N–H and O–H groups in total. The fourth-order valence-corrected chi connectivity index (χ4v) is 3.81. The molecule has 0 spiro atoms. The van der Waals surface area contributed by atoms with Gasteiger partial charge in [-0.1, -0.05) is 12.8 Å². The lowest BCUT2D eigenvalue weighted by Gasteiger charge is -2.24. The first-order chi connectivity index (χ1) is 6.97. The van der Waals surface area contributed by atoms with Crippen LogP contribution in [0.25, 0.3) is 0 Å². The first-order valence-electron chi connectivity index (χ1n) is 5.63. The maximum atomic E-state index is 12.0. The SMILES string of the molecule is CC(CN)N(C)S(=O)(=O)CC1CCCC1. The summed E-state index contributed by atoms with van der Waals surface area (Å²) in [4.78, 5) is 0. The molecule has 1 atom stereocenters. The third-order valence-electron chi connectivity index (χ3n) is 3.32. The zero-order valence-electron chi connectivity index (χ0n) is 9.65. The second kappa shape index (κ2) is 5.27. The summed E-state index contributed by atoms with van der Waals surface area (Å²) in [5.74, 6) is 0.663. The van der Waals surface area contributed by atoms with E-state index in [9.17, 15) is 8.42 Å². The van der Waals surface area contributed by atoms with Gasteiger partial charge in [-0.3, -0.25) is 0 Å². The highest BCUT2D eigenvalue weighted by atomic mass is 32.2. The van der Waals surface area contributed by atoms with Crippen molar-refractivity contribution in [2.45, 2.75) is 38.6 Å². The van der Waals surface area contributed by atoms with Gasteiger partial charge in [-0.25, -0.2) is 12.7 Å². The van der Waals surface area contributed by atoms with E-state index >= 15 is 0 Å². The van der Waals surface area contributed by atoms with Gasteiger partial charge in [-0.2, -0.15) is 0 Å². The molecule has 15 heavy (non-hydrogen) atoms. The van der Waals surface area contributed by atoms with E-state index < -0.39 is 10.0 Å². The van der Waals surface area contributed by atoms with Crippen molar-refractivity contribution >= 4 is 10.0 Å². The lowest BCUT2D eigenvalue weighted by molar-refractivity contribution is 0.389. The molecule has 0 radical (unpaired) electrons. The number of hydrogen-bond donors (Lipinski definition) is 1. The van der Waals surface area contributed by atoms with E-state index in [0.717, 1.165) is 12.8 Å². The molecule has 0 aromatic rings. The molecule has 0 saturated heterocycles. The Morgan fingerprint density at radius 1 is 1.40 bits per heavy atom. The summed E-state index contributed by atoms with van der Waals surface area (Å²) in [5.41, 5.74) is 5.47. The fraction of sp³-hybridized carbons (Fsp3) is 1.00. The van der Waals surface area contributed by atoms with Crippen molar-refractivity contribution in [2.24, 2.45) is 11.7 Å². The van der Waals surface area contributed by atoms with Crippen LogP contribution in [-0.4, -0.2) is 38.1 Å². The molecule has 1 fully saturated rings. The molecule has 5 heteroatoms. The molecule has 1 rings (SSSR count). The van der Waals surface area contributed by atoms with Crippen LogP contribution in [0.1, 0.15) is 32.6 Å². The highest BCUT2D eigenvalue weighted by Crippen LogP contribution is 2.26. The fourth-order valence-electron chi connectivity index (χ4n) is 2.02. The Kier molecular flexibility index (Phi) is 4.55. The van der Waals surface area contributed by atoms with Gasteiger partial charge in [-0.15, -0.1) is 0 Å². The molecule has 4 nitrogen and oxygen atoms in total. The summed E-state index contributed by atoms with van der Waals surface area (Å²) in [6.45, 7) is 2.21. The molecule has 0 heterocycles. The van der Waals surface area contributed by atoms with Crippen LogP contribution in [0.15, 0.2) is 0 Å². The van der Waals surface area contributed by atoms with Crippen LogP contribution in [0, 0.1) is 5.92 Å². The van der Waals surface area contributed by atoms with E-state index in [-0.39, 0.29) is 6.04 Å². The molecular formula is C10H22N2O2S. The summed E-state index contributed by atoms with van der Waals surface area (Å²) in [5, 5.41) is 0. The Hall–Kier alpha value is -0.130. The van der Waals surface area contributed by atoms with Gasteiger partial charge in [0.1, 0.15) is 0 Å². The van der Waals surface area contributed by atoms with E-state index in [1.165, 1.54) is 17.1 Å². The molecule has 0 aromatic heterocycles. The van der Waals surface area contributed by atoms with Crippen molar-refractivity contribution in [2.75, 3.05) is 19.3 Å². The number of hydrogen-bond acceptors (Lipinski definition) is 3. The van der Waals surface area contributed by atoms with E-state index in [4.69, 9.17) is 5.73 Å². The first kappa shape index (κ1) is 12.9. The molecule has 0 aromatic carbocycles. The van der Waals surface area contributed by atoms with Crippen molar-refractivity contribution in [3.63, 3.8) is 0 Å². The molecule has 1 aliphatic carbocycles. The molecular weight excluding hydrogens is 212 g/mol. The third-order valence-corrected chi connectivity index (χ3v) is 5.45. The maximum Gasteiger partial charge on any atom is 0.214 e. The molecule has 90 valence electrons. The maximum absolute atomic E-state index is 12.0. The van der Waals surface area contributed by atoms with Gasteiger partial charge >= 0.3 is 0 Å². The minimum absolute atomic E-state index is 0.101. The minimum Gasteiger partial charge on any atom is -0.329 e. The Balaban J connectivity index is 2.57. The van der Waals surface area contributed by atoms with Crippen molar-refractivity contribution in [3.05, 3.63) is 0 Å². The van der Waals surface area contributed by atoms with Crippen LogP contribution in [-0.2, 0) is 10.0 Å². The molecule has 0 amide bonds. The molecule has 0 aliphatic heterocycles. The van der Waals surface area contributed by atoms with Crippen molar-refractivity contribution < 1.29 is 8.42 Å². The third kappa shape index (κ3) is 3.43. The number of nitrogens with zero attached hydrogens (tertiary/aromatic N) is 1. The summed E-state index contributed by atoms with van der Waals surface area (Å²) >= 11 is 0. The molecule has 1 unspecified atom stereocenters. The van der Waals surface area contributed by atoms with Crippen LogP contribution in [0.3, 0.4) is 0 Å². The van der Waals surface area contributed by atoms with Gasteiger partial charge < -0.3 is 5.73 Å². The summed E-state index contributed by atoms with van der Waals surface area (Å²) in [6, 6.07) is -0.101. The lowest BCUT2D eigenvalue weighted by atomic mass is 10.1. The van der Waals surface area contributed by atoms with Gasteiger partial charge in [0.25, 0.3) is 0 Å². The number of nitrogens with two attached hydrogens (primary N) is 1. The predicted molar refractivity (Wildman–Crippen MR) is 62.0 cm³/mol. The Morgan fingerprint density at radius 3 is 2.40 bits per heavy atom. The average Bonchev–Trinajstić information content (AvgIpc) is 2.67. The van der Waals surface area contributed by atoms with Gasteiger partial charge in [0.05, 0.1) is 5.75 Å². The highest BCUT2D eigenvalue weighted by molar-refractivity contribution is 7.89. The summed E-state index contributed by atoms with van der Waals surface area (Å²) in [6.07, 6.45) is 4.47. The standard InChI is InChI=1S/C10H22N2O2S/c1-9(7-11)12(2)15(13,14)8-10-5-3-4-6-10/h9-10H,3-8,11H2,1-2H3. The zero-order valence-corrected chi connectivity index (χ0v) is 10.5. The van der Waals surface area contributed by atoms with Crippen LogP contribution < -0.4 is 5.73 Å². The van der Waals surface area contributed by atoms with E-state index in [1.54, 1.807) is 7.05 Å². The number of rotatable bonds is 5. The Bertz CT molecular complexity index is 284. The largest absolute Gasteiger partial charge is 0.329 e. The van der Waals surface area contributed by atoms with E-state index in [0.29, 0.717) is 18.2 Å². The molecule has 1 saturated carbocycles. The van der Waals surface area contributed by atoms with Gasteiger partial charge in [0.2, 0.25) is 10.0 Å². The Morgan fingerprint density at radius 2 is 1.93 bits per heavy atom. The van der Waals surface area contributed by atoms with Crippen LogP contribution in [0.4, 0.5) is 0 Å². The predicted octanol–water partition coefficient (Wildman–Crippen LogP) is 0.785. The first-order valence-corrected chi connectivity index (χ1v) is 7.24. The second-order valence-corrected chi connectivity index (χ2v) is 6.60. The van der Waals surface area contributed by atoms with Crippen molar-refractivity contribution in [1.29, 1.82) is 0 Å².